The van der Waals surface area contributed by atoms with Gasteiger partial charge in [0.1, 0.15) is 12.6 Å². The number of carbonyl (C=O) groups excluding carboxylic acids is 1. The third-order valence-electron chi connectivity index (χ3n) is 2.11. The van der Waals surface area contributed by atoms with Crippen molar-refractivity contribution in [3.05, 3.63) is 0 Å². The van der Waals surface area contributed by atoms with Gasteiger partial charge in [-0.05, 0) is 12.3 Å². The van der Waals surface area contributed by atoms with Crippen LogP contribution < -0.4 is 10.6 Å². The van der Waals surface area contributed by atoms with Crippen LogP contribution in [0.2, 0.25) is 0 Å². The Morgan fingerprint density at radius 2 is 1.90 bits per heavy atom. The van der Waals surface area contributed by atoms with Gasteiger partial charge in [0.05, 0.1) is 6.61 Å². The fraction of sp³-hybridized carbons (Fsp3) is 0.818. The van der Waals surface area contributed by atoms with Gasteiger partial charge in [-0.15, -0.1) is 0 Å². The summed E-state index contributed by atoms with van der Waals surface area (Å²) in [7, 11) is 0. The molecule has 0 aliphatic carbocycles. The number of carbonyl (C=O) groups is 2. The first-order valence-electron chi connectivity index (χ1n) is 6.03. The van der Waals surface area contributed by atoms with Crippen molar-refractivity contribution in [1.29, 1.82) is 0 Å². The van der Waals surface area contributed by atoms with Crippen LogP contribution >= 0.6 is 0 Å². The molecule has 3 N–H and O–H groups in total. The molecule has 0 aliphatic heterocycles. The molecule has 6 nitrogen and oxygen atoms in total. The van der Waals surface area contributed by atoms with Gasteiger partial charge in [-0.2, -0.15) is 13.2 Å². The van der Waals surface area contributed by atoms with E-state index < -0.39 is 30.8 Å². The van der Waals surface area contributed by atoms with Crippen molar-refractivity contribution in [1.82, 2.24) is 10.6 Å². The molecule has 20 heavy (non-hydrogen) atoms. The minimum Gasteiger partial charge on any atom is -0.480 e. The third-order valence-corrected chi connectivity index (χ3v) is 2.11. The zero-order chi connectivity index (χ0) is 15.8. The summed E-state index contributed by atoms with van der Waals surface area (Å²) in [5.41, 5.74) is 0. The van der Waals surface area contributed by atoms with Crippen molar-refractivity contribution in [3.63, 3.8) is 0 Å². The molecule has 0 fully saturated rings. The van der Waals surface area contributed by atoms with Crippen LogP contribution in [0.25, 0.3) is 0 Å². The number of alkyl halides is 3. The topological polar surface area (TPSA) is 87.7 Å². The number of nitrogens with one attached hydrogen (secondary N) is 2. The summed E-state index contributed by atoms with van der Waals surface area (Å²) < 4.78 is 39.5. The van der Waals surface area contributed by atoms with Crippen molar-refractivity contribution in [2.24, 2.45) is 5.92 Å². The minimum atomic E-state index is -4.41. The molecule has 0 saturated heterocycles. The second kappa shape index (κ2) is 8.62. The Hall–Kier alpha value is -1.51. The summed E-state index contributed by atoms with van der Waals surface area (Å²) in [4.78, 5) is 22.2. The van der Waals surface area contributed by atoms with Gasteiger partial charge < -0.3 is 20.5 Å². The number of halogens is 3. The maximum atomic E-state index is 11.7. The van der Waals surface area contributed by atoms with E-state index in [9.17, 15) is 22.8 Å². The third kappa shape index (κ3) is 10.4. The normalized spacial score (nSPS) is 13.1. The van der Waals surface area contributed by atoms with Crippen LogP contribution in [0, 0.1) is 5.92 Å². The summed E-state index contributed by atoms with van der Waals surface area (Å²) >= 11 is 0. The first-order chi connectivity index (χ1) is 9.11. The van der Waals surface area contributed by atoms with Crippen LogP contribution in [0.1, 0.15) is 20.3 Å². The summed E-state index contributed by atoms with van der Waals surface area (Å²) in [6.45, 7) is 1.77. The predicted octanol–water partition coefficient (Wildman–Crippen LogP) is 1.36. The lowest BCUT2D eigenvalue weighted by Gasteiger charge is -2.17. The maximum absolute atomic E-state index is 11.7. The Balaban J connectivity index is 3.88. The van der Waals surface area contributed by atoms with Crippen LogP contribution in [0.3, 0.4) is 0 Å². The van der Waals surface area contributed by atoms with Crippen LogP contribution in [-0.2, 0) is 9.53 Å². The van der Waals surface area contributed by atoms with E-state index in [1.807, 2.05) is 0 Å². The smallest absolute Gasteiger partial charge is 0.411 e. The Kier molecular flexibility index (Phi) is 7.97. The average Bonchev–Trinajstić information content (AvgIpc) is 2.25. The van der Waals surface area contributed by atoms with E-state index >= 15 is 0 Å². The highest BCUT2D eigenvalue weighted by molar-refractivity contribution is 5.82. The average molecular weight is 300 g/mol. The van der Waals surface area contributed by atoms with Gasteiger partial charge in [-0.3, -0.25) is 0 Å². The van der Waals surface area contributed by atoms with Crippen LogP contribution in [0.5, 0.6) is 0 Å². The van der Waals surface area contributed by atoms with Gasteiger partial charge >= 0.3 is 18.2 Å². The highest BCUT2D eigenvalue weighted by atomic mass is 19.4. The van der Waals surface area contributed by atoms with Gasteiger partial charge in [-0.25, -0.2) is 9.59 Å². The van der Waals surface area contributed by atoms with Gasteiger partial charge in [0.15, 0.2) is 0 Å². The summed E-state index contributed by atoms with van der Waals surface area (Å²) in [6, 6.07) is -1.79. The fourth-order valence-corrected chi connectivity index (χ4v) is 1.33. The molecule has 0 saturated carbocycles. The molecule has 0 spiro atoms. The molecule has 0 radical (unpaired) electrons. The minimum absolute atomic E-state index is 0.0755. The molecular weight excluding hydrogens is 281 g/mol. The Morgan fingerprint density at radius 1 is 1.30 bits per heavy atom. The van der Waals surface area contributed by atoms with Gasteiger partial charge in [0.2, 0.25) is 0 Å². The first-order valence-corrected chi connectivity index (χ1v) is 6.03. The van der Waals surface area contributed by atoms with Crippen LogP contribution in [0.15, 0.2) is 0 Å². The first kappa shape index (κ1) is 18.5. The quantitative estimate of drug-likeness (QED) is 0.591. The number of amides is 2. The summed E-state index contributed by atoms with van der Waals surface area (Å²) in [5, 5.41) is 13.3. The van der Waals surface area contributed by atoms with Crippen molar-refractivity contribution >= 4 is 12.0 Å². The van der Waals surface area contributed by atoms with Gasteiger partial charge in [0.25, 0.3) is 0 Å². The molecule has 2 amide bonds. The monoisotopic (exact) mass is 300 g/mol. The van der Waals surface area contributed by atoms with Crippen molar-refractivity contribution in [2.45, 2.75) is 32.5 Å². The molecular formula is C11H19F3N2O4. The van der Waals surface area contributed by atoms with E-state index in [1.165, 1.54) is 0 Å². The molecule has 0 unspecified atom stereocenters. The molecule has 0 aromatic heterocycles. The Labute approximate surface area is 114 Å². The zero-order valence-electron chi connectivity index (χ0n) is 11.3. The number of hydrogen-bond acceptors (Lipinski definition) is 3. The van der Waals surface area contributed by atoms with Crippen LogP contribution in [-0.4, -0.2) is 49.1 Å². The molecule has 0 bridgehead atoms. The largest absolute Gasteiger partial charge is 0.480 e. The van der Waals surface area contributed by atoms with Gasteiger partial charge in [0, 0.05) is 6.54 Å². The molecule has 0 aromatic carbocycles. The predicted molar refractivity (Wildman–Crippen MR) is 64.3 cm³/mol. The number of carboxylic acid groups (broad SMARTS) is 1. The zero-order valence-corrected chi connectivity index (χ0v) is 11.3. The molecule has 0 heterocycles. The molecule has 118 valence electrons. The van der Waals surface area contributed by atoms with E-state index in [1.54, 1.807) is 13.8 Å². The Bertz CT molecular complexity index is 321. The highest BCUT2D eigenvalue weighted by Gasteiger charge is 2.27. The molecule has 0 aromatic rings. The molecule has 9 heteroatoms. The Morgan fingerprint density at radius 3 is 2.35 bits per heavy atom. The molecule has 0 rings (SSSR count). The van der Waals surface area contributed by atoms with Crippen molar-refractivity contribution < 1.29 is 32.6 Å². The number of rotatable bonds is 8. The lowest BCUT2D eigenvalue weighted by Crippen LogP contribution is -2.47. The van der Waals surface area contributed by atoms with E-state index in [-0.39, 0.29) is 25.5 Å². The van der Waals surface area contributed by atoms with Gasteiger partial charge in [-0.1, -0.05) is 13.8 Å². The second-order valence-electron chi connectivity index (χ2n) is 4.59. The standard InChI is InChI=1S/C11H19F3N2O4/c1-7(2)5-8(9(17)18)16-10(19)15-3-4-20-6-11(12,13)14/h7-8H,3-6H2,1-2H3,(H,17,18)(H2,15,16,19)/t8-/m0/s1. The summed E-state index contributed by atoms with van der Waals surface area (Å²) in [5.74, 6) is -1.09. The SMILES string of the molecule is CC(C)C[C@H](NC(=O)NCCOCC(F)(F)F)C(=O)O. The second-order valence-corrected chi connectivity index (χ2v) is 4.59. The number of hydrogen-bond donors (Lipinski definition) is 3. The molecule has 1 atom stereocenters. The number of urea groups is 1. The van der Waals surface area contributed by atoms with E-state index in [0.717, 1.165) is 0 Å². The number of carboxylic acids is 1. The van der Waals surface area contributed by atoms with E-state index in [2.05, 4.69) is 15.4 Å². The molecule has 0 aliphatic rings. The van der Waals surface area contributed by atoms with Crippen LogP contribution in [0.4, 0.5) is 18.0 Å². The van der Waals surface area contributed by atoms with Crippen molar-refractivity contribution in [3.8, 4) is 0 Å². The highest BCUT2D eigenvalue weighted by Crippen LogP contribution is 2.13. The van der Waals surface area contributed by atoms with Crippen molar-refractivity contribution in [2.75, 3.05) is 19.8 Å². The number of ether oxygens (including phenoxy) is 1. The van der Waals surface area contributed by atoms with E-state index in [0.29, 0.717) is 0 Å². The lowest BCUT2D eigenvalue weighted by atomic mass is 10.0. The summed E-state index contributed by atoms with van der Waals surface area (Å²) in [6.07, 6.45) is -4.15. The number of aliphatic carboxylic acids is 1. The fourth-order valence-electron chi connectivity index (χ4n) is 1.33. The lowest BCUT2D eigenvalue weighted by molar-refractivity contribution is -0.173. The maximum Gasteiger partial charge on any atom is 0.411 e. The van der Waals surface area contributed by atoms with E-state index in [4.69, 9.17) is 5.11 Å².